The zero-order valence-electron chi connectivity index (χ0n) is 12.2. The molecule has 4 heteroatoms. The van der Waals surface area contributed by atoms with E-state index in [0.29, 0.717) is 13.1 Å². The van der Waals surface area contributed by atoms with Crippen molar-refractivity contribution in [1.82, 2.24) is 10.2 Å². The van der Waals surface area contributed by atoms with Crippen LogP contribution in [0.5, 0.6) is 0 Å². The van der Waals surface area contributed by atoms with Crippen LogP contribution in [-0.2, 0) is 4.79 Å². The van der Waals surface area contributed by atoms with Gasteiger partial charge in [-0.2, -0.15) is 0 Å². The van der Waals surface area contributed by atoms with Gasteiger partial charge in [-0.3, -0.25) is 9.69 Å². The molecular weight excluding hydrogens is 228 g/mol. The van der Waals surface area contributed by atoms with Gasteiger partial charge >= 0.3 is 0 Å². The van der Waals surface area contributed by atoms with Crippen LogP contribution < -0.4 is 5.32 Å². The topological polar surface area (TPSA) is 52.6 Å². The number of hydrogen-bond donors (Lipinski definition) is 2. The van der Waals surface area contributed by atoms with Crippen molar-refractivity contribution in [2.24, 2.45) is 5.92 Å². The summed E-state index contributed by atoms with van der Waals surface area (Å²) in [4.78, 5) is 13.6. The van der Waals surface area contributed by atoms with Crippen LogP contribution >= 0.6 is 0 Å². The van der Waals surface area contributed by atoms with Crippen molar-refractivity contribution in [2.75, 3.05) is 20.1 Å². The van der Waals surface area contributed by atoms with Crippen molar-refractivity contribution in [3.63, 3.8) is 0 Å². The molecule has 1 amide bonds. The van der Waals surface area contributed by atoms with Crippen LogP contribution in [-0.4, -0.2) is 47.7 Å². The second-order valence-corrected chi connectivity index (χ2v) is 6.30. The lowest BCUT2D eigenvalue weighted by molar-refractivity contribution is -0.123. The van der Waals surface area contributed by atoms with Gasteiger partial charge in [-0.1, -0.05) is 6.92 Å². The molecule has 1 aliphatic rings. The number of carbonyl (C=O) groups is 1. The van der Waals surface area contributed by atoms with Gasteiger partial charge in [-0.15, -0.1) is 0 Å². The first-order chi connectivity index (χ1) is 8.31. The van der Waals surface area contributed by atoms with Gasteiger partial charge in [0.2, 0.25) is 5.91 Å². The van der Waals surface area contributed by atoms with Gasteiger partial charge in [0.15, 0.2) is 0 Å². The Morgan fingerprint density at radius 2 is 2.00 bits per heavy atom. The van der Waals surface area contributed by atoms with Crippen LogP contribution in [0.3, 0.4) is 0 Å². The maximum absolute atomic E-state index is 11.6. The molecular formula is C14H28N2O2. The van der Waals surface area contributed by atoms with Crippen molar-refractivity contribution in [3.8, 4) is 0 Å². The fraction of sp³-hybridized carbons (Fsp3) is 0.929. The Hall–Kier alpha value is -0.610. The van der Waals surface area contributed by atoms with E-state index in [0.717, 1.165) is 31.6 Å². The van der Waals surface area contributed by atoms with Crippen molar-refractivity contribution >= 4 is 5.91 Å². The van der Waals surface area contributed by atoms with E-state index in [-0.39, 0.29) is 11.9 Å². The number of carbonyl (C=O) groups excluding carboxylic acids is 1. The molecule has 1 saturated carbocycles. The molecule has 2 N–H and O–H groups in total. The molecule has 1 aliphatic carbocycles. The van der Waals surface area contributed by atoms with E-state index in [1.54, 1.807) is 0 Å². The Labute approximate surface area is 111 Å². The summed E-state index contributed by atoms with van der Waals surface area (Å²) < 4.78 is 0. The molecule has 0 saturated heterocycles. The number of aliphatic hydroxyl groups is 1. The summed E-state index contributed by atoms with van der Waals surface area (Å²) in [6, 6.07) is 0.171. The highest BCUT2D eigenvalue weighted by atomic mass is 16.3. The summed E-state index contributed by atoms with van der Waals surface area (Å²) in [5.74, 6) is 0.750. The van der Waals surface area contributed by atoms with Crippen molar-refractivity contribution in [3.05, 3.63) is 0 Å². The lowest BCUT2D eigenvalue weighted by Gasteiger charge is -2.37. The lowest BCUT2D eigenvalue weighted by atomic mass is 9.79. The molecule has 0 unspecified atom stereocenters. The Morgan fingerprint density at radius 3 is 2.50 bits per heavy atom. The zero-order valence-corrected chi connectivity index (χ0v) is 12.2. The maximum atomic E-state index is 11.6. The standard InChI is InChI=1S/C14H28N2O2/c1-11(2)15-13(17)9-16(4)10-14(18)7-5-12(3)6-8-14/h11-12,18H,5-10H2,1-4H3,(H,15,17). The molecule has 0 aliphatic heterocycles. The molecule has 0 radical (unpaired) electrons. The molecule has 1 rings (SSSR count). The number of nitrogens with zero attached hydrogens (tertiary/aromatic N) is 1. The number of nitrogens with one attached hydrogen (secondary N) is 1. The summed E-state index contributed by atoms with van der Waals surface area (Å²) >= 11 is 0. The highest BCUT2D eigenvalue weighted by Gasteiger charge is 2.33. The molecule has 0 aromatic rings. The van der Waals surface area contributed by atoms with Crippen LogP contribution in [0.4, 0.5) is 0 Å². The Balaban J connectivity index is 2.35. The van der Waals surface area contributed by atoms with E-state index in [1.807, 2.05) is 25.8 Å². The van der Waals surface area contributed by atoms with Crippen LogP contribution in [0, 0.1) is 5.92 Å². The van der Waals surface area contributed by atoms with E-state index in [1.165, 1.54) is 0 Å². The van der Waals surface area contributed by atoms with E-state index >= 15 is 0 Å². The van der Waals surface area contributed by atoms with Gasteiger partial charge in [-0.05, 0) is 52.5 Å². The number of hydrogen-bond acceptors (Lipinski definition) is 3. The molecule has 0 bridgehead atoms. The predicted molar refractivity (Wildman–Crippen MR) is 73.4 cm³/mol. The predicted octanol–water partition coefficient (Wildman–Crippen LogP) is 1.38. The molecule has 1 fully saturated rings. The summed E-state index contributed by atoms with van der Waals surface area (Å²) in [7, 11) is 1.90. The van der Waals surface area contributed by atoms with Crippen LogP contribution in [0.2, 0.25) is 0 Å². The molecule has 4 nitrogen and oxygen atoms in total. The number of likely N-dealkylation sites (N-methyl/N-ethyl adjacent to an activating group) is 1. The van der Waals surface area contributed by atoms with Gasteiger partial charge < -0.3 is 10.4 Å². The first kappa shape index (κ1) is 15.4. The SMILES string of the molecule is CC1CCC(O)(CN(C)CC(=O)NC(C)C)CC1. The van der Waals surface area contributed by atoms with E-state index < -0.39 is 5.60 Å². The zero-order chi connectivity index (χ0) is 13.8. The first-order valence-electron chi connectivity index (χ1n) is 7.01. The van der Waals surface area contributed by atoms with E-state index in [2.05, 4.69) is 12.2 Å². The summed E-state index contributed by atoms with van der Waals surface area (Å²) in [5.41, 5.74) is -0.598. The fourth-order valence-electron chi connectivity index (χ4n) is 2.63. The van der Waals surface area contributed by atoms with Crippen LogP contribution in [0.15, 0.2) is 0 Å². The summed E-state index contributed by atoms with van der Waals surface area (Å²) in [5, 5.41) is 13.3. The summed E-state index contributed by atoms with van der Waals surface area (Å²) in [6.07, 6.45) is 3.87. The molecule has 18 heavy (non-hydrogen) atoms. The highest BCUT2D eigenvalue weighted by molar-refractivity contribution is 5.78. The quantitative estimate of drug-likeness (QED) is 0.781. The fourth-order valence-corrected chi connectivity index (χ4v) is 2.63. The van der Waals surface area contributed by atoms with Crippen molar-refractivity contribution in [2.45, 2.75) is 58.1 Å². The molecule has 0 aromatic carbocycles. The molecule has 0 heterocycles. The second kappa shape index (κ2) is 6.53. The average Bonchev–Trinajstić information content (AvgIpc) is 2.21. The van der Waals surface area contributed by atoms with Crippen LogP contribution in [0.1, 0.15) is 46.5 Å². The van der Waals surface area contributed by atoms with Crippen molar-refractivity contribution in [1.29, 1.82) is 0 Å². The lowest BCUT2D eigenvalue weighted by Crippen LogP contribution is -2.47. The summed E-state index contributed by atoms with van der Waals surface area (Å²) in [6.45, 7) is 7.09. The minimum Gasteiger partial charge on any atom is -0.389 e. The van der Waals surface area contributed by atoms with Gasteiger partial charge in [0.1, 0.15) is 0 Å². The third-order valence-electron chi connectivity index (χ3n) is 3.63. The molecule has 0 atom stereocenters. The number of rotatable bonds is 5. The average molecular weight is 256 g/mol. The molecule has 0 aromatic heterocycles. The molecule has 0 spiro atoms. The Kier molecular flexibility index (Phi) is 5.60. The number of amides is 1. The Morgan fingerprint density at radius 1 is 1.44 bits per heavy atom. The minimum atomic E-state index is -0.598. The molecule has 106 valence electrons. The van der Waals surface area contributed by atoms with Gasteiger partial charge in [0, 0.05) is 12.6 Å². The third-order valence-corrected chi connectivity index (χ3v) is 3.63. The monoisotopic (exact) mass is 256 g/mol. The van der Waals surface area contributed by atoms with E-state index in [4.69, 9.17) is 0 Å². The highest BCUT2D eigenvalue weighted by Crippen LogP contribution is 2.32. The third kappa shape index (κ3) is 5.36. The smallest absolute Gasteiger partial charge is 0.234 e. The van der Waals surface area contributed by atoms with Crippen LogP contribution in [0.25, 0.3) is 0 Å². The van der Waals surface area contributed by atoms with Gasteiger partial charge in [-0.25, -0.2) is 0 Å². The normalized spacial score (nSPS) is 28.7. The first-order valence-corrected chi connectivity index (χ1v) is 7.01. The van der Waals surface area contributed by atoms with E-state index in [9.17, 15) is 9.90 Å². The van der Waals surface area contributed by atoms with Crippen molar-refractivity contribution < 1.29 is 9.90 Å². The largest absolute Gasteiger partial charge is 0.389 e. The Bertz CT molecular complexity index is 271. The van der Waals surface area contributed by atoms with Gasteiger partial charge in [0.25, 0.3) is 0 Å². The minimum absolute atomic E-state index is 0.0280. The second-order valence-electron chi connectivity index (χ2n) is 6.30. The maximum Gasteiger partial charge on any atom is 0.234 e. The van der Waals surface area contributed by atoms with Gasteiger partial charge in [0.05, 0.1) is 12.1 Å².